The molecule has 1 saturated heterocycles. The van der Waals surface area contributed by atoms with Crippen LogP contribution in [-0.4, -0.2) is 42.5 Å². The van der Waals surface area contributed by atoms with Crippen molar-refractivity contribution in [3.8, 4) is 0 Å². The number of rotatable bonds is 4. The van der Waals surface area contributed by atoms with Gasteiger partial charge in [-0.25, -0.2) is 4.98 Å². The molecule has 1 aromatic heterocycles. The third-order valence-corrected chi connectivity index (χ3v) is 4.39. The first kappa shape index (κ1) is 15.5. The summed E-state index contributed by atoms with van der Waals surface area (Å²) in [5.41, 5.74) is 7.38. The van der Waals surface area contributed by atoms with Gasteiger partial charge in [-0.1, -0.05) is 18.2 Å². The lowest BCUT2D eigenvalue weighted by molar-refractivity contribution is 0.0787. The Morgan fingerprint density at radius 2 is 2.09 bits per heavy atom. The quantitative estimate of drug-likeness (QED) is 0.941. The highest BCUT2D eigenvalue weighted by atomic mass is 16.2. The molecule has 1 amide bonds. The Morgan fingerprint density at radius 1 is 1.30 bits per heavy atom. The van der Waals surface area contributed by atoms with E-state index in [9.17, 15) is 4.79 Å². The molecular formula is C18H22N4O. The zero-order valence-corrected chi connectivity index (χ0v) is 13.4. The number of amides is 1. The number of hydrogen-bond donors (Lipinski definition) is 1. The van der Waals surface area contributed by atoms with Crippen LogP contribution in [0.25, 0.3) is 0 Å². The van der Waals surface area contributed by atoms with Gasteiger partial charge in [0.15, 0.2) is 0 Å². The van der Waals surface area contributed by atoms with Gasteiger partial charge in [0, 0.05) is 32.0 Å². The average molecular weight is 310 g/mol. The van der Waals surface area contributed by atoms with Crippen molar-refractivity contribution in [2.24, 2.45) is 11.7 Å². The molecule has 0 bridgehead atoms. The highest BCUT2D eigenvalue weighted by Crippen LogP contribution is 2.22. The van der Waals surface area contributed by atoms with Crippen molar-refractivity contribution in [3.63, 3.8) is 0 Å². The van der Waals surface area contributed by atoms with E-state index in [-0.39, 0.29) is 5.91 Å². The molecule has 3 rings (SSSR count). The normalized spacial score (nSPS) is 17.3. The number of benzene rings is 1. The van der Waals surface area contributed by atoms with Gasteiger partial charge in [-0.3, -0.25) is 4.79 Å². The Morgan fingerprint density at radius 3 is 2.70 bits per heavy atom. The monoisotopic (exact) mass is 310 g/mol. The number of para-hydroxylation sites is 1. The second-order valence-corrected chi connectivity index (χ2v) is 5.94. The van der Waals surface area contributed by atoms with Crippen molar-refractivity contribution >= 4 is 17.4 Å². The molecular weight excluding hydrogens is 288 g/mol. The van der Waals surface area contributed by atoms with Crippen LogP contribution < -0.4 is 10.6 Å². The van der Waals surface area contributed by atoms with E-state index in [2.05, 4.69) is 4.98 Å². The summed E-state index contributed by atoms with van der Waals surface area (Å²) in [6, 6.07) is 13.7. The van der Waals surface area contributed by atoms with Crippen LogP contribution in [0.1, 0.15) is 16.8 Å². The van der Waals surface area contributed by atoms with Gasteiger partial charge in [0.2, 0.25) is 0 Å². The molecule has 0 radical (unpaired) electrons. The predicted octanol–water partition coefficient (Wildman–Crippen LogP) is 2.27. The highest BCUT2D eigenvalue weighted by Gasteiger charge is 2.26. The summed E-state index contributed by atoms with van der Waals surface area (Å²) in [7, 11) is 1.96. The number of carbonyl (C=O) groups is 1. The van der Waals surface area contributed by atoms with Crippen LogP contribution in [0.3, 0.4) is 0 Å². The molecule has 120 valence electrons. The summed E-state index contributed by atoms with van der Waals surface area (Å²) in [6.45, 7) is 2.18. The van der Waals surface area contributed by atoms with Gasteiger partial charge >= 0.3 is 0 Å². The van der Waals surface area contributed by atoms with Crippen LogP contribution in [0.2, 0.25) is 0 Å². The molecule has 5 nitrogen and oxygen atoms in total. The maximum absolute atomic E-state index is 12.5. The molecule has 1 aromatic carbocycles. The topological polar surface area (TPSA) is 62.5 Å². The largest absolute Gasteiger partial charge is 0.338 e. The first-order valence-corrected chi connectivity index (χ1v) is 7.93. The molecule has 1 aliphatic heterocycles. The molecule has 0 saturated carbocycles. The zero-order valence-electron chi connectivity index (χ0n) is 13.4. The molecule has 0 spiro atoms. The fourth-order valence-electron chi connectivity index (χ4n) is 2.89. The molecule has 23 heavy (non-hydrogen) atoms. The number of anilines is 2. The van der Waals surface area contributed by atoms with Crippen molar-refractivity contribution in [3.05, 3.63) is 54.2 Å². The third kappa shape index (κ3) is 3.35. The second kappa shape index (κ2) is 6.79. The van der Waals surface area contributed by atoms with Crippen molar-refractivity contribution < 1.29 is 4.79 Å². The van der Waals surface area contributed by atoms with E-state index < -0.39 is 0 Å². The van der Waals surface area contributed by atoms with E-state index in [1.165, 1.54) is 0 Å². The van der Waals surface area contributed by atoms with Crippen molar-refractivity contribution in [2.45, 2.75) is 6.42 Å². The van der Waals surface area contributed by atoms with Crippen molar-refractivity contribution in [1.82, 2.24) is 9.88 Å². The number of carbonyl (C=O) groups excluding carboxylic acids is 1. The van der Waals surface area contributed by atoms with Crippen LogP contribution in [0.4, 0.5) is 11.5 Å². The Labute approximate surface area is 136 Å². The van der Waals surface area contributed by atoms with Gasteiger partial charge in [0.05, 0.1) is 5.56 Å². The summed E-state index contributed by atoms with van der Waals surface area (Å²) in [5.74, 6) is 1.28. The molecule has 1 fully saturated rings. The maximum Gasteiger partial charge on any atom is 0.255 e. The molecule has 0 unspecified atom stereocenters. The smallest absolute Gasteiger partial charge is 0.255 e. The first-order chi connectivity index (χ1) is 11.2. The lowest BCUT2D eigenvalue weighted by atomic mass is 10.1. The number of nitrogens with two attached hydrogens (primary N) is 1. The standard InChI is InChI=1S/C18H22N4O/c1-21(16-5-3-2-4-6-16)17-8-7-15(12-20-17)18(23)22-10-9-14(11-19)13-22/h2-8,12,14H,9-11,13,19H2,1H3/t14-/m1/s1. The minimum absolute atomic E-state index is 0.0439. The summed E-state index contributed by atoms with van der Waals surface area (Å²) in [6.07, 6.45) is 2.65. The zero-order chi connectivity index (χ0) is 16.2. The van der Waals surface area contributed by atoms with Gasteiger partial charge in [0.25, 0.3) is 5.91 Å². The van der Waals surface area contributed by atoms with Crippen LogP contribution in [0.5, 0.6) is 0 Å². The average Bonchev–Trinajstić information content (AvgIpc) is 3.10. The predicted molar refractivity (Wildman–Crippen MR) is 91.8 cm³/mol. The van der Waals surface area contributed by atoms with E-state index in [1.807, 2.05) is 59.3 Å². The summed E-state index contributed by atoms with van der Waals surface area (Å²) >= 11 is 0. The van der Waals surface area contributed by atoms with Gasteiger partial charge in [0.1, 0.15) is 5.82 Å². The van der Waals surface area contributed by atoms with Crippen molar-refractivity contribution in [1.29, 1.82) is 0 Å². The van der Waals surface area contributed by atoms with Gasteiger partial charge in [-0.05, 0) is 43.1 Å². The Kier molecular flexibility index (Phi) is 4.57. The van der Waals surface area contributed by atoms with E-state index in [0.717, 1.165) is 31.0 Å². The van der Waals surface area contributed by atoms with Crippen molar-refractivity contribution in [2.75, 3.05) is 31.6 Å². The Hall–Kier alpha value is -2.40. The number of likely N-dealkylation sites (tertiary alicyclic amines) is 1. The summed E-state index contributed by atoms with van der Waals surface area (Å²) < 4.78 is 0. The lowest BCUT2D eigenvalue weighted by Gasteiger charge is -2.19. The SMILES string of the molecule is CN(c1ccccc1)c1ccc(C(=O)N2CC[C@H](CN)C2)cn1. The van der Waals surface area contributed by atoms with Gasteiger partial charge in [-0.15, -0.1) is 0 Å². The molecule has 2 heterocycles. The number of nitrogens with zero attached hydrogens (tertiary/aromatic N) is 3. The number of aromatic nitrogens is 1. The summed E-state index contributed by atoms with van der Waals surface area (Å²) in [4.78, 5) is 20.8. The fraction of sp³-hybridized carbons (Fsp3) is 0.333. The first-order valence-electron chi connectivity index (χ1n) is 7.93. The fourth-order valence-corrected chi connectivity index (χ4v) is 2.89. The van der Waals surface area contributed by atoms with E-state index in [4.69, 9.17) is 5.73 Å². The van der Waals surface area contributed by atoms with Crippen LogP contribution in [-0.2, 0) is 0 Å². The van der Waals surface area contributed by atoms with Gasteiger partial charge in [-0.2, -0.15) is 0 Å². The van der Waals surface area contributed by atoms with E-state index in [1.54, 1.807) is 6.20 Å². The number of hydrogen-bond acceptors (Lipinski definition) is 4. The molecule has 2 N–H and O–H groups in total. The lowest BCUT2D eigenvalue weighted by Crippen LogP contribution is -2.30. The third-order valence-electron chi connectivity index (χ3n) is 4.39. The Bertz CT molecular complexity index is 656. The van der Waals surface area contributed by atoms with Gasteiger partial charge < -0.3 is 15.5 Å². The molecule has 5 heteroatoms. The highest BCUT2D eigenvalue weighted by molar-refractivity contribution is 5.94. The molecule has 1 atom stereocenters. The summed E-state index contributed by atoms with van der Waals surface area (Å²) in [5, 5.41) is 0. The van der Waals surface area contributed by atoms with Crippen LogP contribution >= 0.6 is 0 Å². The second-order valence-electron chi connectivity index (χ2n) is 5.94. The minimum atomic E-state index is 0.0439. The maximum atomic E-state index is 12.5. The van der Waals surface area contributed by atoms with E-state index >= 15 is 0 Å². The molecule has 0 aliphatic carbocycles. The molecule has 2 aromatic rings. The molecule has 1 aliphatic rings. The minimum Gasteiger partial charge on any atom is -0.338 e. The number of pyridine rings is 1. The van der Waals surface area contributed by atoms with Crippen LogP contribution in [0.15, 0.2) is 48.7 Å². The van der Waals surface area contributed by atoms with E-state index in [0.29, 0.717) is 18.0 Å². The van der Waals surface area contributed by atoms with Crippen LogP contribution in [0, 0.1) is 5.92 Å². The Balaban J connectivity index is 1.71.